The third kappa shape index (κ3) is 6.14. The zero-order chi connectivity index (χ0) is 30.5. The van der Waals surface area contributed by atoms with E-state index in [4.69, 9.17) is 19.0 Å². The molecule has 11 nitrogen and oxygen atoms in total. The molecule has 1 amide bonds. The van der Waals surface area contributed by atoms with E-state index < -0.39 is 11.5 Å². The maximum Gasteiger partial charge on any atom is 0.270 e. The largest absolute Gasteiger partial charge is 0.497 e. The van der Waals surface area contributed by atoms with Crippen molar-refractivity contribution in [1.29, 1.82) is 0 Å². The second-order valence-electron chi connectivity index (χ2n) is 10.3. The summed E-state index contributed by atoms with van der Waals surface area (Å²) in [7, 11) is 3.21. The Morgan fingerprint density at radius 1 is 1.05 bits per heavy atom. The molecule has 0 bridgehead atoms. The Morgan fingerprint density at radius 3 is 2.59 bits per heavy atom. The second kappa shape index (κ2) is 13.0. The molecule has 44 heavy (non-hydrogen) atoms. The van der Waals surface area contributed by atoms with Gasteiger partial charge in [-0.2, -0.15) is 0 Å². The van der Waals surface area contributed by atoms with Gasteiger partial charge < -0.3 is 24.8 Å². The van der Waals surface area contributed by atoms with E-state index in [-0.39, 0.29) is 23.5 Å². The number of nitrogens with zero attached hydrogens (tertiary/aromatic N) is 3. The molecular formula is C33H33N5O6. The lowest BCUT2D eigenvalue weighted by atomic mass is 9.97. The van der Waals surface area contributed by atoms with Crippen molar-refractivity contribution in [3.05, 3.63) is 124 Å². The van der Waals surface area contributed by atoms with Crippen molar-refractivity contribution in [2.24, 2.45) is 0 Å². The number of fused-ring (bicyclic) bond motifs is 1. The maximum absolute atomic E-state index is 13.7. The number of pyridine rings is 2. The van der Waals surface area contributed by atoms with E-state index in [0.29, 0.717) is 41.9 Å². The van der Waals surface area contributed by atoms with Gasteiger partial charge in [0.05, 0.1) is 26.1 Å². The average Bonchev–Trinajstić information content (AvgIpc) is 3.06. The molecular weight excluding hydrogens is 562 g/mol. The number of hydroxylamine groups is 2. The smallest absolute Gasteiger partial charge is 0.270 e. The summed E-state index contributed by atoms with van der Waals surface area (Å²) in [5, 5.41) is 7.89. The lowest BCUT2D eigenvalue weighted by Gasteiger charge is -2.32. The molecule has 1 aliphatic carbocycles. The van der Waals surface area contributed by atoms with Gasteiger partial charge in [0.2, 0.25) is 0 Å². The quantitative estimate of drug-likeness (QED) is 0.367. The molecule has 2 N–H and O–H groups in total. The van der Waals surface area contributed by atoms with Crippen LogP contribution in [0, 0.1) is 0 Å². The Morgan fingerprint density at radius 2 is 1.86 bits per heavy atom. The fourth-order valence-electron chi connectivity index (χ4n) is 5.29. The third-order valence-electron chi connectivity index (χ3n) is 7.58. The Labute approximate surface area is 254 Å². The number of benzene rings is 1. The Balaban J connectivity index is 1.24. The van der Waals surface area contributed by atoms with Crippen molar-refractivity contribution in [1.82, 2.24) is 14.6 Å². The molecule has 3 aromatic rings. The molecule has 0 spiro atoms. The van der Waals surface area contributed by atoms with Gasteiger partial charge >= 0.3 is 0 Å². The first-order valence-corrected chi connectivity index (χ1v) is 14.3. The van der Waals surface area contributed by atoms with E-state index in [1.54, 1.807) is 56.0 Å². The Kier molecular flexibility index (Phi) is 8.57. The monoisotopic (exact) mass is 595 g/mol. The zero-order valence-electron chi connectivity index (χ0n) is 24.4. The molecule has 4 heterocycles. The lowest BCUT2D eigenvalue weighted by Crippen LogP contribution is -2.34. The van der Waals surface area contributed by atoms with Gasteiger partial charge in [-0.3, -0.25) is 24.1 Å². The number of hydrogen-bond acceptors (Lipinski definition) is 9. The highest BCUT2D eigenvalue weighted by Crippen LogP contribution is 2.31. The molecule has 1 unspecified atom stereocenters. The predicted molar refractivity (Wildman–Crippen MR) is 165 cm³/mol. The van der Waals surface area contributed by atoms with Gasteiger partial charge in [0, 0.05) is 42.9 Å². The predicted octanol–water partition coefficient (Wildman–Crippen LogP) is 4.57. The molecule has 0 radical (unpaired) electrons. The van der Waals surface area contributed by atoms with Crippen molar-refractivity contribution in [2.75, 3.05) is 38.1 Å². The molecule has 3 aliphatic rings. The highest BCUT2D eigenvalue weighted by Gasteiger charge is 2.28. The van der Waals surface area contributed by atoms with Crippen molar-refractivity contribution in [3.63, 3.8) is 0 Å². The molecule has 1 aromatic carbocycles. The number of rotatable bonds is 9. The van der Waals surface area contributed by atoms with Crippen LogP contribution in [0.25, 0.3) is 5.69 Å². The summed E-state index contributed by atoms with van der Waals surface area (Å²) in [6, 6.07) is 14.2. The summed E-state index contributed by atoms with van der Waals surface area (Å²) >= 11 is 0. The lowest BCUT2D eigenvalue weighted by molar-refractivity contribution is -0.101. The SMILES string of the molecule is COC1=CC2=C(Oc3ccc(NC(=O)c4c(NC5CCOCC5)ccn(-c5ccccc5)c4=O)nc3)C=CN(OC)C2C=C1. The zero-order valence-corrected chi connectivity index (χ0v) is 24.4. The minimum atomic E-state index is -0.565. The number of ether oxygens (including phenoxy) is 3. The van der Waals surface area contributed by atoms with Gasteiger partial charge in [-0.1, -0.05) is 24.3 Å². The van der Waals surface area contributed by atoms with Gasteiger partial charge in [-0.05, 0) is 61.4 Å². The number of carbonyl (C=O) groups excluding carboxylic acids is 1. The number of para-hydroxylation sites is 1. The van der Waals surface area contributed by atoms with E-state index >= 15 is 0 Å². The van der Waals surface area contributed by atoms with Crippen LogP contribution in [0.5, 0.6) is 5.75 Å². The summed E-state index contributed by atoms with van der Waals surface area (Å²) in [4.78, 5) is 37.2. The minimum absolute atomic E-state index is 0.00379. The molecule has 6 rings (SSSR count). The average molecular weight is 596 g/mol. The topological polar surface area (TPSA) is 116 Å². The van der Waals surface area contributed by atoms with Crippen LogP contribution in [-0.2, 0) is 14.3 Å². The molecule has 11 heteroatoms. The number of carbonyl (C=O) groups is 1. The number of anilines is 2. The number of nitrogens with one attached hydrogen (secondary N) is 2. The number of methoxy groups -OCH3 is 1. The highest BCUT2D eigenvalue weighted by molar-refractivity contribution is 6.07. The van der Waals surface area contributed by atoms with Crippen LogP contribution < -0.4 is 20.9 Å². The maximum atomic E-state index is 13.7. The summed E-state index contributed by atoms with van der Waals surface area (Å²) in [5.41, 5.74) is 1.55. The molecule has 1 fully saturated rings. The van der Waals surface area contributed by atoms with Crippen LogP contribution in [0.2, 0.25) is 0 Å². The Hall–Kier alpha value is -5.13. The summed E-state index contributed by atoms with van der Waals surface area (Å²) in [5.74, 6) is 1.48. The van der Waals surface area contributed by atoms with Crippen molar-refractivity contribution in [2.45, 2.75) is 24.9 Å². The van der Waals surface area contributed by atoms with Gasteiger partial charge in [-0.15, -0.1) is 0 Å². The van der Waals surface area contributed by atoms with E-state index in [2.05, 4.69) is 15.6 Å². The van der Waals surface area contributed by atoms with E-state index in [0.717, 1.165) is 18.4 Å². The standard InChI is InChI=1S/C33H33N5O6/c1-41-24-8-10-28-26(20-24)29(13-17-38(28)42-2)44-25-9-11-30(34-21-25)36-32(39)31-27(35-22-14-18-43-19-15-22)12-16-37(33(31)40)23-6-4-3-5-7-23/h3-13,16-17,20-22,28,35H,14-15,18-19H2,1-2H3,(H,34,36,39). The summed E-state index contributed by atoms with van der Waals surface area (Å²) < 4.78 is 18.5. The molecule has 1 saturated heterocycles. The first kappa shape index (κ1) is 29.0. The van der Waals surface area contributed by atoms with Gasteiger partial charge in [0.25, 0.3) is 11.5 Å². The molecule has 0 saturated carbocycles. The van der Waals surface area contributed by atoms with E-state index in [1.165, 1.54) is 10.8 Å². The second-order valence-corrected chi connectivity index (χ2v) is 10.3. The first-order valence-electron chi connectivity index (χ1n) is 14.3. The normalized spacial score (nSPS) is 18.0. The van der Waals surface area contributed by atoms with Crippen LogP contribution in [0.1, 0.15) is 23.2 Å². The molecule has 2 aromatic heterocycles. The summed E-state index contributed by atoms with van der Waals surface area (Å²) in [6.45, 7) is 1.25. The fraction of sp³-hybridized carbons (Fsp3) is 0.242. The molecule has 226 valence electrons. The van der Waals surface area contributed by atoms with Crippen LogP contribution in [0.15, 0.2) is 113 Å². The highest BCUT2D eigenvalue weighted by atomic mass is 16.7. The minimum Gasteiger partial charge on any atom is -0.497 e. The van der Waals surface area contributed by atoms with Crippen molar-refractivity contribution < 1.29 is 23.8 Å². The van der Waals surface area contributed by atoms with Crippen LogP contribution >= 0.6 is 0 Å². The van der Waals surface area contributed by atoms with Gasteiger partial charge in [0.1, 0.15) is 34.7 Å². The van der Waals surface area contributed by atoms with Gasteiger partial charge in [-0.25, -0.2) is 4.98 Å². The Bertz CT molecular complexity index is 1690. The number of aromatic nitrogens is 2. The molecule has 1 atom stereocenters. The van der Waals surface area contributed by atoms with Crippen LogP contribution in [0.4, 0.5) is 11.5 Å². The van der Waals surface area contributed by atoms with Crippen molar-refractivity contribution in [3.8, 4) is 11.4 Å². The van der Waals surface area contributed by atoms with E-state index in [1.807, 2.05) is 48.6 Å². The first-order chi connectivity index (χ1) is 21.5. The third-order valence-corrected chi connectivity index (χ3v) is 7.58. The number of hydrogen-bond donors (Lipinski definition) is 2. The van der Waals surface area contributed by atoms with E-state index in [9.17, 15) is 9.59 Å². The van der Waals surface area contributed by atoms with Crippen LogP contribution in [0.3, 0.4) is 0 Å². The summed E-state index contributed by atoms with van der Waals surface area (Å²) in [6.07, 6.45) is 14.1. The number of amides is 1. The molecule has 2 aliphatic heterocycles. The van der Waals surface area contributed by atoms with Crippen molar-refractivity contribution >= 4 is 17.4 Å². The van der Waals surface area contributed by atoms with Gasteiger partial charge in [0.15, 0.2) is 0 Å². The fourth-order valence-corrected chi connectivity index (χ4v) is 5.29. The van der Waals surface area contributed by atoms with Crippen LogP contribution in [-0.4, -0.2) is 60.0 Å². The number of allylic oxidation sites excluding steroid dienone is 2.